The van der Waals surface area contributed by atoms with E-state index in [0.29, 0.717) is 11.4 Å². The van der Waals surface area contributed by atoms with Crippen molar-refractivity contribution in [1.82, 2.24) is 9.78 Å². The number of rotatable bonds is 1. The van der Waals surface area contributed by atoms with Crippen LogP contribution in [-0.4, -0.2) is 15.6 Å². The van der Waals surface area contributed by atoms with Gasteiger partial charge in [-0.25, -0.2) is 4.68 Å². The minimum atomic E-state index is -0.656. The van der Waals surface area contributed by atoms with Crippen LogP contribution < -0.4 is 5.32 Å². The van der Waals surface area contributed by atoms with E-state index in [4.69, 9.17) is 10.7 Å². The van der Waals surface area contributed by atoms with Crippen LogP contribution in [0.5, 0.6) is 0 Å². The van der Waals surface area contributed by atoms with Gasteiger partial charge >= 0.3 is 0 Å². The van der Waals surface area contributed by atoms with Crippen LogP contribution in [0.4, 0.5) is 5.82 Å². The summed E-state index contributed by atoms with van der Waals surface area (Å²) in [6, 6.07) is 13.3. The van der Waals surface area contributed by atoms with Gasteiger partial charge in [-0.05, 0) is 5.56 Å². The van der Waals surface area contributed by atoms with Crippen molar-refractivity contribution in [2.45, 2.75) is 6.04 Å². The first kappa shape index (κ1) is 11.9. The Hall–Kier alpha value is -3.12. The SMILES string of the molecule is N#Cc1cnn2c1NC(c1ccccc1)C(C#N)C2=N. The molecule has 6 nitrogen and oxygen atoms in total. The maximum atomic E-state index is 9.35. The lowest BCUT2D eigenvalue weighted by Crippen LogP contribution is -2.37. The summed E-state index contributed by atoms with van der Waals surface area (Å²) in [5.74, 6) is -0.106. The fourth-order valence-corrected chi connectivity index (χ4v) is 2.34. The number of hydrogen-bond donors (Lipinski definition) is 2. The minimum absolute atomic E-state index is 0.0802. The largest absolute Gasteiger partial charge is 0.360 e. The Morgan fingerprint density at radius 1 is 1.25 bits per heavy atom. The van der Waals surface area contributed by atoms with Crippen LogP contribution in [0.2, 0.25) is 0 Å². The molecule has 2 unspecified atom stereocenters. The van der Waals surface area contributed by atoms with Gasteiger partial charge in [0.25, 0.3) is 0 Å². The molecule has 0 aliphatic carbocycles. The summed E-state index contributed by atoms with van der Waals surface area (Å²) in [5, 5.41) is 33.7. The van der Waals surface area contributed by atoms with E-state index in [1.54, 1.807) is 0 Å². The predicted molar refractivity (Wildman–Crippen MR) is 72.0 cm³/mol. The van der Waals surface area contributed by atoms with Gasteiger partial charge in [0.05, 0.1) is 18.3 Å². The highest BCUT2D eigenvalue weighted by Gasteiger charge is 2.35. The molecule has 20 heavy (non-hydrogen) atoms. The van der Waals surface area contributed by atoms with Crippen LogP contribution >= 0.6 is 0 Å². The smallest absolute Gasteiger partial charge is 0.149 e. The summed E-state index contributed by atoms with van der Waals surface area (Å²) < 4.78 is 1.31. The normalized spacial score (nSPS) is 20.4. The van der Waals surface area contributed by atoms with Crippen LogP contribution in [0.15, 0.2) is 36.5 Å². The van der Waals surface area contributed by atoms with E-state index in [1.165, 1.54) is 10.9 Å². The van der Waals surface area contributed by atoms with Gasteiger partial charge in [0, 0.05) is 0 Å². The van der Waals surface area contributed by atoms with Crippen molar-refractivity contribution in [3.8, 4) is 12.1 Å². The molecule has 1 aromatic carbocycles. The number of fused-ring (bicyclic) bond motifs is 1. The van der Waals surface area contributed by atoms with Crippen LogP contribution in [0, 0.1) is 34.0 Å². The monoisotopic (exact) mass is 262 g/mol. The van der Waals surface area contributed by atoms with E-state index < -0.39 is 5.92 Å². The molecular formula is C14H10N6. The number of anilines is 1. The first-order valence-electron chi connectivity index (χ1n) is 6.04. The van der Waals surface area contributed by atoms with E-state index in [1.807, 2.05) is 36.4 Å². The average Bonchev–Trinajstić information content (AvgIpc) is 2.91. The summed E-state index contributed by atoms with van der Waals surface area (Å²) >= 11 is 0. The predicted octanol–water partition coefficient (Wildman–Crippen LogP) is 1.89. The first-order valence-corrected chi connectivity index (χ1v) is 6.04. The average molecular weight is 262 g/mol. The molecule has 1 aliphatic heterocycles. The van der Waals surface area contributed by atoms with Crippen molar-refractivity contribution in [3.05, 3.63) is 47.7 Å². The maximum Gasteiger partial charge on any atom is 0.149 e. The van der Waals surface area contributed by atoms with Gasteiger partial charge in [0.15, 0.2) is 0 Å². The fraction of sp³-hybridized carbons (Fsp3) is 0.143. The quantitative estimate of drug-likeness (QED) is 0.819. The molecule has 0 amide bonds. The highest BCUT2D eigenvalue weighted by Crippen LogP contribution is 2.33. The van der Waals surface area contributed by atoms with Crippen molar-refractivity contribution in [2.75, 3.05) is 5.32 Å². The molecule has 0 bridgehead atoms. The standard InChI is InChI=1S/C14H10N6/c15-6-10-8-18-20-13(17)11(7-16)12(19-14(10)20)9-4-2-1-3-5-9/h1-5,8,11-12,17,19H. The van der Waals surface area contributed by atoms with Gasteiger partial charge in [-0.15, -0.1) is 0 Å². The number of nitrogens with one attached hydrogen (secondary N) is 2. The van der Waals surface area contributed by atoms with E-state index in [-0.39, 0.29) is 11.9 Å². The van der Waals surface area contributed by atoms with Crippen molar-refractivity contribution in [1.29, 1.82) is 15.9 Å². The van der Waals surface area contributed by atoms with Crippen LogP contribution in [-0.2, 0) is 0 Å². The zero-order valence-corrected chi connectivity index (χ0v) is 10.4. The van der Waals surface area contributed by atoms with Crippen molar-refractivity contribution >= 4 is 11.7 Å². The van der Waals surface area contributed by atoms with Gasteiger partial charge in [0.2, 0.25) is 0 Å². The summed E-state index contributed by atoms with van der Waals surface area (Å²) in [4.78, 5) is 0. The van der Waals surface area contributed by atoms with E-state index in [0.717, 1.165) is 5.56 Å². The summed E-state index contributed by atoms with van der Waals surface area (Å²) in [6.45, 7) is 0. The molecule has 0 radical (unpaired) electrons. The van der Waals surface area contributed by atoms with Gasteiger partial charge in [-0.1, -0.05) is 30.3 Å². The fourth-order valence-electron chi connectivity index (χ4n) is 2.34. The van der Waals surface area contributed by atoms with E-state index in [9.17, 15) is 5.26 Å². The molecule has 2 aromatic rings. The molecule has 1 aliphatic rings. The van der Waals surface area contributed by atoms with Gasteiger partial charge in [0.1, 0.15) is 29.2 Å². The number of nitrogens with zero attached hydrogens (tertiary/aromatic N) is 4. The lowest BCUT2D eigenvalue weighted by Gasteiger charge is -2.30. The molecule has 6 heteroatoms. The van der Waals surface area contributed by atoms with Gasteiger partial charge in [-0.2, -0.15) is 15.6 Å². The number of hydrogen-bond acceptors (Lipinski definition) is 5. The Morgan fingerprint density at radius 2 is 2.00 bits per heavy atom. The van der Waals surface area contributed by atoms with Crippen LogP contribution in [0.3, 0.4) is 0 Å². The van der Waals surface area contributed by atoms with Gasteiger partial charge < -0.3 is 5.32 Å². The Kier molecular flexibility index (Phi) is 2.70. The molecule has 2 N–H and O–H groups in total. The van der Waals surface area contributed by atoms with E-state index in [2.05, 4.69) is 16.5 Å². The number of nitriles is 2. The molecule has 1 aromatic heterocycles. The lowest BCUT2D eigenvalue weighted by atomic mass is 9.91. The summed E-state index contributed by atoms with van der Waals surface area (Å²) in [7, 11) is 0. The molecule has 2 heterocycles. The molecule has 0 saturated carbocycles. The van der Waals surface area contributed by atoms with Crippen molar-refractivity contribution < 1.29 is 0 Å². The second-order valence-electron chi connectivity index (χ2n) is 4.46. The third kappa shape index (κ3) is 1.63. The zero-order chi connectivity index (χ0) is 14.1. The Bertz CT molecular complexity index is 746. The lowest BCUT2D eigenvalue weighted by molar-refractivity contribution is 0.634. The molecule has 0 saturated heterocycles. The molecule has 3 rings (SSSR count). The second kappa shape index (κ2) is 4.52. The molecule has 2 atom stereocenters. The van der Waals surface area contributed by atoms with Gasteiger partial charge in [-0.3, -0.25) is 5.41 Å². The molecule has 0 spiro atoms. The van der Waals surface area contributed by atoms with Crippen LogP contribution in [0.25, 0.3) is 0 Å². The number of benzene rings is 1. The first-order chi connectivity index (χ1) is 9.76. The van der Waals surface area contributed by atoms with Crippen molar-refractivity contribution in [3.63, 3.8) is 0 Å². The molecular weight excluding hydrogens is 252 g/mol. The van der Waals surface area contributed by atoms with Crippen LogP contribution in [0.1, 0.15) is 17.2 Å². The third-order valence-corrected chi connectivity index (χ3v) is 3.34. The Labute approximate surface area is 115 Å². The second-order valence-corrected chi connectivity index (χ2v) is 4.46. The van der Waals surface area contributed by atoms with E-state index >= 15 is 0 Å². The number of aromatic nitrogens is 2. The summed E-state index contributed by atoms with van der Waals surface area (Å²) in [6.07, 6.45) is 1.40. The molecule has 0 fully saturated rings. The summed E-state index contributed by atoms with van der Waals surface area (Å²) in [5.41, 5.74) is 1.27. The maximum absolute atomic E-state index is 9.35. The van der Waals surface area contributed by atoms with Crippen molar-refractivity contribution in [2.24, 2.45) is 5.92 Å². The topological polar surface area (TPSA) is 101 Å². The zero-order valence-electron chi connectivity index (χ0n) is 10.4. The highest BCUT2D eigenvalue weighted by molar-refractivity contribution is 5.92. The Balaban J connectivity index is 2.12. The molecule has 96 valence electrons. The highest BCUT2D eigenvalue weighted by atomic mass is 15.4. The third-order valence-electron chi connectivity index (χ3n) is 3.34. The minimum Gasteiger partial charge on any atom is -0.360 e. The Morgan fingerprint density at radius 3 is 2.65 bits per heavy atom.